The summed E-state index contributed by atoms with van der Waals surface area (Å²) in [6.45, 7) is 8.25. The molecule has 0 aliphatic heterocycles. The highest BCUT2D eigenvalue weighted by molar-refractivity contribution is 7.91. The summed E-state index contributed by atoms with van der Waals surface area (Å²) in [6.07, 6.45) is 2.90. The van der Waals surface area contributed by atoms with E-state index in [-0.39, 0.29) is 12.1 Å². The highest BCUT2D eigenvalue weighted by Crippen LogP contribution is 2.37. The molecule has 1 atom stereocenters. The first-order valence-corrected chi connectivity index (χ1v) is 9.25. The summed E-state index contributed by atoms with van der Waals surface area (Å²) in [7, 11) is -3.32. The molecule has 108 valence electrons. The molecule has 3 nitrogen and oxygen atoms in total. The van der Waals surface area contributed by atoms with E-state index in [0.717, 1.165) is 24.1 Å². The second kappa shape index (κ2) is 5.54. The van der Waals surface area contributed by atoms with Gasteiger partial charge in [-0.2, -0.15) is 4.31 Å². The van der Waals surface area contributed by atoms with Crippen LogP contribution in [-0.2, 0) is 16.4 Å². The van der Waals surface area contributed by atoms with Crippen LogP contribution in [0.1, 0.15) is 45.4 Å². The molecule has 19 heavy (non-hydrogen) atoms. The van der Waals surface area contributed by atoms with Crippen molar-refractivity contribution >= 4 is 21.4 Å². The quantitative estimate of drug-likeness (QED) is 0.806. The van der Waals surface area contributed by atoms with Gasteiger partial charge in [-0.25, -0.2) is 8.42 Å². The maximum absolute atomic E-state index is 12.8. The van der Waals surface area contributed by atoms with Crippen LogP contribution in [0.2, 0.25) is 0 Å². The number of sulfonamides is 1. The monoisotopic (exact) mass is 301 g/mol. The van der Waals surface area contributed by atoms with Crippen molar-refractivity contribution in [2.75, 3.05) is 0 Å². The third-order valence-corrected chi connectivity index (χ3v) is 7.53. The van der Waals surface area contributed by atoms with Gasteiger partial charge in [-0.15, -0.1) is 11.3 Å². The van der Waals surface area contributed by atoms with E-state index < -0.39 is 10.0 Å². The van der Waals surface area contributed by atoms with Gasteiger partial charge < -0.3 is 0 Å². The molecule has 1 aromatic heterocycles. The van der Waals surface area contributed by atoms with Gasteiger partial charge in [-0.3, -0.25) is 0 Å². The number of hydrogen-bond donors (Lipinski definition) is 0. The Morgan fingerprint density at radius 2 is 1.95 bits per heavy atom. The van der Waals surface area contributed by atoms with Gasteiger partial charge in [0.05, 0.1) is 0 Å². The van der Waals surface area contributed by atoms with Crippen LogP contribution in [0.15, 0.2) is 16.3 Å². The summed E-state index contributed by atoms with van der Waals surface area (Å²) in [6, 6.07) is 3.98. The molecule has 1 aliphatic carbocycles. The Morgan fingerprint density at radius 3 is 2.37 bits per heavy atom. The van der Waals surface area contributed by atoms with E-state index in [1.54, 1.807) is 10.4 Å². The third-order valence-electron chi connectivity index (χ3n) is 3.79. The molecule has 5 heteroatoms. The first-order valence-electron chi connectivity index (χ1n) is 7.00. The van der Waals surface area contributed by atoms with Crippen LogP contribution in [0.4, 0.5) is 0 Å². The van der Waals surface area contributed by atoms with Crippen molar-refractivity contribution < 1.29 is 8.42 Å². The molecule has 1 fully saturated rings. The molecule has 0 saturated heterocycles. The Morgan fingerprint density at radius 1 is 1.32 bits per heavy atom. The van der Waals surface area contributed by atoms with Gasteiger partial charge in [0.15, 0.2) is 0 Å². The lowest BCUT2D eigenvalue weighted by Crippen LogP contribution is -2.42. The summed E-state index contributed by atoms with van der Waals surface area (Å²) < 4.78 is 27.9. The Hall–Kier alpha value is -0.390. The van der Waals surface area contributed by atoms with Crippen molar-refractivity contribution in [1.82, 2.24) is 4.31 Å². The van der Waals surface area contributed by atoms with Crippen molar-refractivity contribution in [3.8, 4) is 0 Å². The van der Waals surface area contributed by atoms with Gasteiger partial charge in [0.1, 0.15) is 4.21 Å². The van der Waals surface area contributed by atoms with Gasteiger partial charge in [0.25, 0.3) is 10.0 Å². The van der Waals surface area contributed by atoms with Gasteiger partial charge in [0, 0.05) is 17.0 Å². The fourth-order valence-electron chi connectivity index (χ4n) is 2.16. The fraction of sp³-hybridized carbons (Fsp3) is 0.714. The number of rotatable bonds is 6. The molecule has 1 aliphatic rings. The summed E-state index contributed by atoms with van der Waals surface area (Å²) >= 11 is 1.41. The van der Waals surface area contributed by atoms with Gasteiger partial charge >= 0.3 is 0 Å². The smallest absolute Gasteiger partial charge is 0.206 e. The molecule has 0 aromatic carbocycles. The van der Waals surface area contributed by atoms with E-state index in [0.29, 0.717) is 10.1 Å². The maximum atomic E-state index is 12.8. The first-order chi connectivity index (χ1) is 8.87. The molecule has 1 unspecified atom stereocenters. The Balaban J connectivity index is 2.34. The average Bonchev–Trinajstić information content (AvgIpc) is 3.04. The highest BCUT2D eigenvalue weighted by atomic mass is 32.2. The molecule has 1 aromatic rings. The van der Waals surface area contributed by atoms with E-state index in [1.165, 1.54) is 11.3 Å². The zero-order valence-electron chi connectivity index (χ0n) is 12.1. The Kier molecular flexibility index (Phi) is 4.38. The average molecular weight is 301 g/mol. The van der Waals surface area contributed by atoms with Crippen molar-refractivity contribution in [3.63, 3.8) is 0 Å². The molecule has 1 heterocycles. The molecule has 0 N–H and O–H groups in total. The molecular weight excluding hydrogens is 278 g/mol. The lowest BCUT2D eigenvalue weighted by molar-refractivity contribution is 0.269. The molecule has 2 rings (SSSR count). The molecular formula is C14H23NO2S2. The summed E-state index contributed by atoms with van der Waals surface area (Å²) in [5, 5.41) is 0. The van der Waals surface area contributed by atoms with Crippen LogP contribution < -0.4 is 0 Å². The van der Waals surface area contributed by atoms with Gasteiger partial charge in [-0.05, 0) is 44.2 Å². The normalized spacial score (nSPS) is 18.2. The molecule has 0 spiro atoms. The number of thiophene rings is 1. The van der Waals surface area contributed by atoms with E-state index >= 15 is 0 Å². The van der Waals surface area contributed by atoms with Crippen LogP contribution in [0.5, 0.6) is 0 Å². The van der Waals surface area contributed by atoms with Crippen molar-refractivity contribution in [2.45, 2.75) is 63.3 Å². The predicted molar refractivity (Wildman–Crippen MR) is 80.0 cm³/mol. The minimum absolute atomic E-state index is 0.0599. The zero-order chi connectivity index (χ0) is 14.2. The Labute approximate surface area is 120 Å². The first kappa shape index (κ1) is 15.0. The van der Waals surface area contributed by atoms with Crippen LogP contribution in [0.3, 0.4) is 0 Å². The summed E-state index contributed by atoms with van der Waals surface area (Å²) in [5.41, 5.74) is 0. The van der Waals surface area contributed by atoms with E-state index in [4.69, 9.17) is 0 Å². The van der Waals surface area contributed by atoms with Crippen LogP contribution in [0, 0.1) is 5.92 Å². The highest BCUT2D eigenvalue weighted by Gasteiger charge is 2.42. The molecule has 1 saturated carbocycles. The molecule has 0 amide bonds. The number of aryl methyl sites for hydroxylation is 1. The molecule has 0 bridgehead atoms. The predicted octanol–water partition coefficient (Wildman–Crippen LogP) is 3.51. The van der Waals surface area contributed by atoms with Crippen molar-refractivity contribution in [3.05, 3.63) is 17.0 Å². The Bertz CT molecular complexity index is 529. The largest absolute Gasteiger partial charge is 0.253 e. The van der Waals surface area contributed by atoms with Gasteiger partial charge in [0.2, 0.25) is 0 Å². The minimum atomic E-state index is -3.32. The van der Waals surface area contributed by atoms with Crippen LogP contribution >= 0.6 is 11.3 Å². The lowest BCUT2D eigenvalue weighted by atomic mass is 10.1. The van der Waals surface area contributed by atoms with E-state index in [1.807, 2.05) is 13.0 Å². The number of hydrogen-bond acceptors (Lipinski definition) is 3. The van der Waals surface area contributed by atoms with E-state index in [9.17, 15) is 8.42 Å². The number of nitrogens with zero attached hydrogens (tertiary/aromatic N) is 1. The zero-order valence-corrected chi connectivity index (χ0v) is 13.7. The van der Waals surface area contributed by atoms with Crippen LogP contribution in [0.25, 0.3) is 0 Å². The standard InChI is InChI=1S/C14H23NO2S2/c1-5-13-8-9-14(18-13)19(16,17)15(12-6-7-12)11(4)10(2)3/h8-12H,5-7H2,1-4H3. The van der Waals surface area contributed by atoms with Crippen molar-refractivity contribution in [2.24, 2.45) is 5.92 Å². The SMILES string of the molecule is CCc1ccc(S(=O)(=O)N(C2CC2)C(C)C(C)C)s1. The minimum Gasteiger partial charge on any atom is -0.206 e. The maximum Gasteiger partial charge on any atom is 0.253 e. The van der Waals surface area contributed by atoms with Crippen molar-refractivity contribution in [1.29, 1.82) is 0 Å². The van der Waals surface area contributed by atoms with Crippen LogP contribution in [-0.4, -0.2) is 24.8 Å². The third kappa shape index (κ3) is 3.03. The fourth-order valence-corrected chi connectivity index (χ4v) is 5.57. The van der Waals surface area contributed by atoms with Gasteiger partial charge in [-0.1, -0.05) is 20.8 Å². The second-order valence-corrected chi connectivity index (χ2v) is 8.86. The lowest BCUT2D eigenvalue weighted by Gasteiger charge is -2.30. The van der Waals surface area contributed by atoms with E-state index in [2.05, 4.69) is 20.8 Å². The summed E-state index contributed by atoms with van der Waals surface area (Å²) in [5.74, 6) is 0.334. The molecule has 0 radical (unpaired) electrons. The topological polar surface area (TPSA) is 37.4 Å². The second-order valence-electron chi connectivity index (χ2n) is 5.63. The summed E-state index contributed by atoms with van der Waals surface area (Å²) in [4.78, 5) is 1.13.